The molecule has 0 bridgehead atoms. The molecule has 0 aliphatic carbocycles. The van der Waals surface area contributed by atoms with Gasteiger partial charge in [0, 0.05) is 17.8 Å². The largest absolute Gasteiger partial charge is 0.334 e. The average molecular weight is 182 g/mol. The van der Waals surface area contributed by atoms with Crippen molar-refractivity contribution in [1.82, 2.24) is 4.98 Å². The van der Waals surface area contributed by atoms with Crippen molar-refractivity contribution < 1.29 is 9.72 Å². The average Bonchev–Trinajstić information content (AvgIpc) is 2.04. The van der Waals surface area contributed by atoms with Crippen LogP contribution < -0.4 is 5.56 Å². The molecular formula is C7H6N2O4. The number of nitrogens with one attached hydrogen (secondary N) is 1. The molecular weight excluding hydrogens is 176 g/mol. The Balaban J connectivity index is 3.35. The number of pyridine rings is 1. The highest BCUT2D eigenvalue weighted by Gasteiger charge is 2.13. The van der Waals surface area contributed by atoms with E-state index in [2.05, 4.69) is 4.98 Å². The van der Waals surface area contributed by atoms with Crippen molar-refractivity contribution >= 4 is 11.5 Å². The van der Waals surface area contributed by atoms with Gasteiger partial charge in [-0.25, -0.2) is 0 Å². The summed E-state index contributed by atoms with van der Waals surface area (Å²) in [5, 5.41) is 10.3. The lowest BCUT2D eigenvalue weighted by Crippen LogP contribution is -2.12. The van der Waals surface area contributed by atoms with Crippen molar-refractivity contribution in [3.8, 4) is 0 Å². The highest BCUT2D eigenvalue weighted by Crippen LogP contribution is 2.06. The Morgan fingerprint density at radius 3 is 2.69 bits per heavy atom. The first kappa shape index (κ1) is 9.11. The smallest absolute Gasteiger partial charge is 0.322 e. The van der Waals surface area contributed by atoms with Gasteiger partial charge >= 0.3 is 11.2 Å². The van der Waals surface area contributed by atoms with Crippen LogP contribution in [0, 0.1) is 10.1 Å². The van der Waals surface area contributed by atoms with E-state index in [1.54, 1.807) is 0 Å². The number of rotatable bonds is 2. The summed E-state index contributed by atoms with van der Waals surface area (Å²) in [7, 11) is 0. The fraction of sp³-hybridized carbons (Fsp3) is 0.143. The topological polar surface area (TPSA) is 93.1 Å². The number of carbonyl (C=O) groups is 1. The Bertz CT molecular complexity index is 421. The van der Waals surface area contributed by atoms with Crippen LogP contribution in [-0.4, -0.2) is 15.7 Å². The van der Waals surface area contributed by atoms with Crippen LogP contribution in [0.4, 0.5) is 5.69 Å². The highest BCUT2D eigenvalue weighted by molar-refractivity contribution is 5.94. The number of nitrogens with zero attached hydrogens (tertiary/aromatic N) is 1. The van der Waals surface area contributed by atoms with Gasteiger partial charge in [-0.05, 0) is 6.92 Å². The minimum Gasteiger partial charge on any atom is -0.322 e. The first-order valence-electron chi connectivity index (χ1n) is 3.40. The number of aromatic amines is 1. The number of ketones is 1. The van der Waals surface area contributed by atoms with Crippen molar-refractivity contribution in [2.45, 2.75) is 6.92 Å². The first-order valence-corrected chi connectivity index (χ1v) is 3.40. The van der Waals surface area contributed by atoms with Crippen LogP contribution in [0.5, 0.6) is 0 Å². The number of H-pyrrole nitrogens is 1. The van der Waals surface area contributed by atoms with E-state index in [-0.39, 0.29) is 11.3 Å². The zero-order chi connectivity index (χ0) is 10.0. The molecule has 1 rings (SSSR count). The fourth-order valence-electron chi connectivity index (χ4n) is 0.811. The molecule has 13 heavy (non-hydrogen) atoms. The third-order valence-corrected chi connectivity index (χ3v) is 1.49. The van der Waals surface area contributed by atoms with Crippen molar-refractivity contribution in [3.63, 3.8) is 0 Å². The molecule has 68 valence electrons. The normalized spacial score (nSPS) is 9.62. The summed E-state index contributed by atoms with van der Waals surface area (Å²) in [6, 6.07) is 0.959. The zero-order valence-corrected chi connectivity index (χ0v) is 6.73. The fourth-order valence-corrected chi connectivity index (χ4v) is 0.811. The standard InChI is InChI=1S/C7H6N2O4/c1-4(10)5-2-6(9(12)13)7(11)8-3-5/h2-3H,1H3,(H,8,11). The van der Waals surface area contributed by atoms with Gasteiger partial charge in [-0.1, -0.05) is 0 Å². The van der Waals surface area contributed by atoms with Crippen LogP contribution in [0.1, 0.15) is 17.3 Å². The summed E-state index contributed by atoms with van der Waals surface area (Å²) in [6.45, 7) is 1.26. The summed E-state index contributed by atoms with van der Waals surface area (Å²) >= 11 is 0. The summed E-state index contributed by atoms with van der Waals surface area (Å²) in [5.74, 6) is -0.334. The Hall–Kier alpha value is -1.98. The second-order valence-electron chi connectivity index (χ2n) is 2.42. The van der Waals surface area contributed by atoms with E-state index < -0.39 is 16.2 Å². The maximum Gasteiger partial charge on any atom is 0.334 e. The quantitative estimate of drug-likeness (QED) is 0.409. The Morgan fingerprint density at radius 1 is 1.62 bits per heavy atom. The monoisotopic (exact) mass is 182 g/mol. The van der Waals surface area contributed by atoms with Crippen molar-refractivity contribution in [1.29, 1.82) is 0 Å². The van der Waals surface area contributed by atoms with Crippen LogP contribution in [0.2, 0.25) is 0 Å². The van der Waals surface area contributed by atoms with Gasteiger partial charge in [-0.15, -0.1) is 0 Å². The SMILES string of the molecule is CC(=O)c1c[nH]c(=O)c([N+](=O)[O-])c1. The molecule has 0 fully saturated rings. The maximum atomic E-state index is 10.8. The van der Waals surface area contributed by atoms with Gasteiger partial charge < -0.3 is 4.98 Å². The van der Waals surface area contributed by atoms with E-state index in [0.29, 0.717) is 0 Å². The summed E-state index contributed by atoms with van der Waals surface area (Å²) in [6.07, 6.45) is 1.15. The summed E-state index contributed by atoms with van der Waals surface area (Å²) in [4.78, 5) is 33.2. The van der Waals surface area contributed by atoms with Crippen molar-refractivity contribution in [2.75, 3.05) is 0 Å². The molecule has 0 aliphatic heterocycles. The van der Waals surface area contributed by atoms with E-state index in [9.17, 15) is 19.7 Å². The molecule has 1 N–H and O–H groups in total. The zero-order valence-electron chi connectivity index (χ0n) is 6.73. The van der Waals surface area contributed by atoms with Gasteiger partial charge in [0.15, 0.2) is 5.78 Å². The minimum absolute atomic E-state index is 0.117. The molecule has 0 atom stereocenters. The summed E-state index contributed by atoms with van der Waals surface area (Å²) < 4.78 is 0. The molecule has 0 amide bonds. The molecule has 0 unspecified atom stereocenters. The number of carbonyl (C=O) groups excluding carboxylic acids is 1. The van der Waals surface area contributed by atoms with Crippen LogP contribution in [0.3, 0.4) is 0 Å². The molecule has 0 radical (unpaired) electrons. The van der Waals surface area contributed by atoms with Crippen molar-refractivity contribution in [3.05, 3.63) is 38.3 Å². The van der Waals surface area contributed by atoms with Crippen LogP contribution in [0.25, 0.3) is 0 Å². The predicted octanol–water partition coefficient (Wildman–Crippen LogP) is 0.486. The van der Waals surface area contributed by atoms with E-state index >= 15 is 0 Å². The molecule has 1 aromatic rings. The lowest BCUT2D eigenvalue weighted by molar-refractivity contribution is -0.386. The molecule has 0 saturated carbocycles. The second kappa shape index (κ2) is 3.18. The van der Waals surface area contributed by atoms with E-state index in [1.807, 2.05) is 0 Å². The Morgan fingerprint density at radius 2 is 2.23 bits per heavy atom. The molecule has 1 aromatic heterocycles. The number of aromatic nitrogens is 1. The highest BCUT2D eigenvalue weighted by atomic mass is 16.6. The van der Waals surface area contributed by atoms with Crippen LogP contribution in [0.15, 0.2) is 17.1 Å². The van der Waals surface area contributed by atoms with Gasteiger partial charge in [-0.3, -0.25) is 19.7 Å². The molecule has 1 heterocycles. The molecule has 0 aliphatic rings. The number of nitro groups is 1. The van der Waals surface area contributed by atoms with Crippen LogP contribution >= 0.6 is 0 Å². The van der Waals surface area contributed by atoms with Gasteiger partial charge in [0.2, 0.25) is 0 Å². The first-order chi connectivity index (χ1) is 6.02. The van der Waals surface area contributed by atoms with Gasteiger partial charge in [0.05, 0.1) is 4.92 Å². The molecule has 6 nitrogen and oxygen atoms in total. The van der Waals surface area contributed by atoms with Gasteiger partial charge in [0.1, 0.15) is 0 Å². The lowest BCUT2D eigenvalue weighted by Gasteiger charge is -1.93. The maximum absolute atomic E-state index is 10.8. The number of Topliss-reactive ketones (excluding diaryl/α,β-unsaturated/α-hetero) is 1. The summed E-state index contributed by atoms with van der Waals surface area (Å²) in [5.41, 5.74) is -1.31. The molecule has 6 heteroatoms. The third kappa shape index (κ3) is 1.78. The van der Waals surface area contributed by atoms with Crippen molar-refractivity contribution in [2.24, 2.45) is 0 Å². The van der Waals surface area contributed by atoms with Crippen LogP contribution in [-0.2, 0) is 0 Å². The van der Waals surface area contributed by atoms with Gasteiger partial charge in [-0.2, -0.15) is 0 Å². The Labute approximate surface area is 72.4 Å². The lowest BCUT2D eigenvalue weighted by atomic mass is 10.2. The number of hydrogen-bond donors (Lipinski definition) is 1. The molecule has 0 saturated heterocycles. The minimum atomic E-state index is -0.828. The van der Waals surface area contributed by atoms with E-state index in [1.165, 1.54) is 6.92 Å². The Kier molecular flexibility index (Phi) is 2.23. The van der Waals surface area contributed by atoms with Gasteiger partial charge in [0.25, 0.3) is 0 Å². The van der Waals surface area contributed by atoms with E-state index in [0.717, 1.165) is 12.3 Å². The third-order valence-electron chi connectivity index (χ3n) is 1.49. The molecule has 0 spiro atoms. The second-order valence-corrected chi connectivity index (χ2v) is 2.42. The predicted molar refractivity (Wildman–Crippen MR) is 43.7 cm³/mol. The number of hydrogen-bond acceptors (Lipinski definition) is 4. The molecule has 0 aromatic carbocycles. The van der Waals surface area contributed by atoms with E-state index in [4.69, 9.17) is 0 Å².